The van der Waals surface area contributed by atoms with E-state index in [4.69, 9.17) is 9.31 Å². The summed E-state index contributed by atoms with van der Waals surface area (Å²) in [7, 11) is -0.348. The summed E-state index contributed by atoms with van der Waals surface area (Å²) < 4.78 is 13.6. The van der Waals surface area contributed by atoms with Gasteiger partial charge in [0, 0.05) is 4.47 Å². The van der Waals surface area contributed by atoms with Crippen LogP contribution in [0.4, 0.5) is 0 Å². The lowest BCUT2D eigenvalue weighted by Crippen LogP contribution is -2.41. The molecule has 0 atom stereocenters. The fourth-order valence-electron chi connectivity index (χ4n) is 3.21. The van der Waals surface area contributed by atoms with Crippen LogP contribution in [0, 0.1) is 0 Å². The second-order valence-electron chi connectivity index (χ2n) is 7.47. The first-order valence-electron chi connectivity index (χ1n) is 8.25. The Hall–Kier alpha value is -1.36. The van der Waals surface area contributed by atoms with Gasteiger partial charge in [-0.2, -0.15) is 0 Å². The number of fused-ring (bicyclic) bond motifs is 2. The minimum atomic E-state index is -0.348. The zero-order valence-electron chi connectivity index (χ0n) is 14.4. The van der Waals surface area contributed by atoms with Gasteiger partial charge in [0.25, 0.3) is 0 Å². The van der Waals surface area contributed by atoms with E-state index in [0.29, 0.717) is 0 Å². The van der Waals surface area contributed by atoms with Crippen molar-refractivity contribution in [2.24, 2.45) is 0 Å². The van der Waals surface area contributed by atoms with Crippen LogP contribution in [0.3, 0.4) is 0 Å². The molecule has 1 aliphatic rings. The number of hydrogen-bond acceptors (Lipinski definition) is 2. The lowest BCUT2D eigenvalue weighted by molar-refractivity contribution is 0.00578. The summed E-state index contributed by atoms with van der Waals surface area (Å²) >= 11 is 3.66. The molecule has 0 N–H and O–H groups in total. The summed E-state index contributed by atoms with van der Waals surface area (Å²) in [5.41, 5.74) is 0.415. The van der Waals surface area contributed by atoms with Crippen molar-refractivity contribution in [3.8, 4) is 0 Å². The van der Waals surface area contributed by atoms with E-state index >= 15 is 0 Å². The van der Waals surface area contributed by atoms with Gasteiger partial charge in [0.15, 0.2) is 0 Å². The van der Waals surface area contributed by atoms with Crippen LogP contribution < -0.4 is 5.46 Å². The van der Waals surface area contributed by atoms with Gasteiger partial charge in [-0.15, -0.1) is 0 Å². The SMILES string of the molecule is CC1(C)OB(c2cccc3cc4cccc(Br)c4cc23)OC1(C)C. The molecule has 0 radical (unpaired) electrons. The predicted octanol–water partition coefficient (Wildman–Crippen LogP) is 5.05. The molecule has 0 aromatic heterocycles. The molecule has 0 spiro atoms. The molecule has 1 saturated heterocycles. The lowest BCUT2D eigenvalue weighted by atomic mass is 9.76. The summed E-state index contributed by atoms with van der Waals surface area (Å²) in [5.74, 6) is 0. The fraction of sp³-hybridized carbons (Fsp3) is 0.300. The van der Waals surface area contributed by atoms with Crippen LogP contribution in [0.1, 0.15) is 27.7 Å². The van der Waals surface area contributed by atoms with Gasteiger partial charge in [0.2, 0.25) is 0 Å². The van der Waals surface area contributed by atoms with Crippen molar-refractivity contribution >= 4 is 50.1 Å². The smallest absolute Gasteiger partial charge is 0.399 e. The van der Waals surface area contributed by atoms with E-state index in [9.17, 15) is 0 Å². The highest BCUT2D eigenvalue weighted by atomic mass is 79.9. The van der Waals surface area contributed by atoms with E-state index in [1.165, 1.54) is 21.5 Å². The van der Waals surface area contributed by atoms with Crippen molar-refractivity contribution < 1.29 is 9.31 Å². The maximum absolute atomic E-state index is 6.27. The van der Waals surface area contributed by atoms with Crippen molar-refractivity contribution in [3.05, 3.63) is 53.0 Å². The minimum absolute atomic E-state index is 0.336. The van der Waals surface area contributed by atoms with Crippen molar-refractivity contribution in [3.63, 3.8) is 0 Å². The van der Waals surface area contributed by atoms with Gasteiger partial charge in [0.1, 0.15) is 0 Å². The normalized spacial score (nSPS) is 19.3. The molecular weight excluding hydrogens is 363 g/mol. The Morgan fingerprint density at radius 2 is 1.38 bits per heavy atom. The van der Waals surface area contributed by atoms with Crippen LogP contribution in [-0.4, -0.2) is 18.3 Å². The van der Waals surface area contributed by atoms with Gasteiger partial charge in [-0.05, 0) is 72.9 Å². The van der Waals surface area contributed by atoms with Crippen LogP contribution >= 0.6 is 15.9 Å². The maximum atomic E-state index is 6.27. The van der Waals surface area contributed by atoms with Crippen molar-refractivity contribution in [2.45, 2.75) is 38.9 Å². The molecular formula is C20H20BBrO2. The van der Waals surface area contributed by atoms with Crippen molar-refractivity contribution in [2.75, 3.05) is 0 Å². The third kappa shape index (κ3) is 2.40. The highest BCUT2D eigenvalue weighted by Crippen LogP contribution is 2.37. The van der Waals surface area contributed by atoms with Gasteiger partial charge >= 0.3 is 7.12 Å². The topological polar surface area (TPSA) is 18.5 Å². The van der Waals surface area contributed by atoms with Gasteiger partial charge in [0.05, 0.1) is 11.2 Å². The first-order chi connectivity index (χ1) is 11.3. The molecule has 122 valence electrons. The second-order valence-corrected chi connectivity index (χ2v) is 8.32. The summed E-state index contributed by atoms with van der Waals surface area (Å²) in [5, 5.41) is 4.81. The highest BCUT2D eigenvalue weighted by molar-refractivity contribution is 9.10. The number of benzene rings is 3. The molecule has 0 unspecified atom stereocenters. The van der Waals surface area contributed by atoms with Crippen molar-refractivity contribution in [1.29, 1.82) is 0 Å². The first kappa shape index (κ1) is 16.1. The largest absolute Gasteiger partial charge is 0.495 e. The monoisotopic (exact) mass is 382 g/mol. The molecule has 3 aromatic carbocycles. The Morgan fingerprint density at radius 1 is 0.792 bits per heavy atom. The van der Waals surface area contributed by atoms with Crippen LogP contribution in [0.25, 0.3) is 21.5 Å². The van der Waals surface area contributed by atoms with E-state index < -0.39 is 0 Å². The lowest BCUT2D eigenvalue weighted by Gasteiger charge is -2.32. The Morgan fingerprint density at radius 3 is 2.04 bits per heavy atom. The van der Waals surface area contributed by atoms with E-state index in [-0.39, 0.29) is 18.3 Å². The van der Waals surface area contributed by atoms with E-state index in [2.05, 4.69) is 92.2 Å². The minimum Gasteiger partial charge on any atom is -0.399 e. The Labute approximate surface area is 151 Å². The third-order valence-electron chi connectivity index (χ3n) is 5.37. The van der Waals surface area contributed by atoms with Crippen molar-refractivity contribution in [1.82, 2.24) is 0 Å². The Bertz CT molecular complexity index is 933. The average molecular weight is 383 g/mol. The standard InChI is InChI=1S/C20H20BBrO2/c1-19(2)20(3,4)24-21(23-19)17-9-5-7-13-11-14-8-6-10-18(22)16(14)12-15(13)17/h5-12H,1-4H3. The molecule has 0 bridgehead atoms. The summed E-state index contributed by atoms with van der Waals surface area (Å²) in [4.78, 5) is 0. The molecule has 1 fully saturated rings. The summed E-state index contributed by atoms with van der Waals surface area (Å²) in [6.45, 7) is 8.35. The second kappa shape index (κ2) is 5.32. The maximum Gasteiger partial charge on any atom is 0.495 e. The van der Waals surface area contributed by atoms with E-state index in [1.54, 1.807) is 0 Å². The van der Waals surface area contributed by atoms with E-state index in [1.807, 2.05) is 0 Å². The highest BCUT2D eigenvalue weighted by Gasteiger charge is 2.52. The molecule has 0 amide bonds. The average Bonchev–Trinajstić information content (AvgIpc) is 2.73. The zero-order valence-corrected chi connectivity index (χ0v) is 16.0. The van der Waals surface area contributed by atoms with Crippen LogP contribution in [0.5, 0.6) is 0 Å². The van der Waals surface area contributed by atoms with Crippen LogP contribution in [-0.2, 0) is 9.31 Å². The molecule has 24 heavy (non-hydrogen) atoms. The third-order valence-corrected chi connectivity index (χ3v) is 6.06. The quantitative estimate of drug-likeness (QED) is 0.432. The van der Waals surface area contributed by atoms with E-state index in [0.717, 1.165) is 9.94 Å². The molecule has 4 heteroatoms. The Balaban J connectivity index is 1.92. The number of hydrogen-bond donors (Lipinski definition) is 0. The first-order valence-corrected chi connectivity index (χ1v) is 9.04. The van der Waals surface area contributed by atoms with Crippen LogP contribution in [0.2, 0.25) is 0 Å². The van der Waals surface area contributed by atoms with Gasteiger partial charge < -0.3 is 9.31 Å². The summed E-state index contributed by atoms with van der Waals surface area (Å²) in [6, 6.07) is 17.1. The fourth-order valence-corrected chi connectivity index (χ4v) is 3.71. The van der Waals surface area contributed by atoms with Gasteiger partial charge in [-0.3, -0.25) is 0 Å². The van der Waals surface area contributed by atoms with Crippen LogP contribution in [0.15, 0.2) is 53.0 Å². The molecule has 4 rings (SSSR count). The zero-order chi connectivity index (χ0) is 17.1. The van der Waals surface area contributed by atoms with Gasteiger partial charge in [-0.1, -0.05) is 46.3 Å². The molecule has 2 nitrogen and oxygen atoms in total. The van der Waals surface area contributed by atoms with Gasteiger partial charge in [-0.25, -0.2) is 0 Å². The molecule has 1 heterocycles. The Kier molecular flexibility index (Phi) is 3.58. The molecule has 0 saturated carbocycles. The number of rotatable bonds is 1. The summed E-state index contributed by atoms with van der Waals surface area (Å²) in [6.07, 6.45) is 0. The molecule has 3 aromatic rings. The molecule has 0 aliphatic carbocycles. The molecule has 1 aliphatic heterocycles. The predicted molar refractivity (Wildman–Crippen MR) is 105 cm³/mol. The number of halogens is 1.